The lowest BCUT2D eigenvalue weighted by atomic mass is 10.1. The minimum Gasteiger partial charge on any atom is -0.494 e. The monoisotopic (exact) mass is 273 g/mol. The second-order valence-electron chi connectivity index (χ2n) is 4.84. The van der Waals surface area contributed by atoms with Crippen molar-refractivity contribution in [3.8, 4) is 5.75 Å². The third-order valence-electron chi connectivity index (χ3n) is 3.08. The summed E-state index contributed by atoms with van der Waals surface area (Å²) >= 11 is 0. The Kier molecular flexibility index (Phi) is 5.13. The van der Waals surface area contributed by atoms with Crippen molar-refractivity contribution in [2.45, 2.75) is 20.0 Å². The smallest absolute Gasteiger partial charge is 0.127 e. The first-order chi connectivity index (χ1) is 9.69. The van der Waals surface area contributed by atoms with E-state index >= 15 is 0 Å². The summed E-state index contributed by atoms with van der Waals surface area (Å²) in [5.41, 5.74) is 1.91. The summed E-state index contributed by atoms with van der Waals surface area (Å²) in [5.74, 6) is 0.735. The molecule has 0 unspecified atom stereocenters. The van der Waals surface area contributed by atoms with Crippen LogP contribution in [0, 0.1) is 5.82 Å². The molecule has 0 heterocycles. The van der Waals surface area contributed by atoms with Gasteiger partial charge in [-0.15, -0.1) is 0 Å². The normalized spacial score (nSPS) is 10.8. The molecule has 2 aromatic rings. The predicted molar refractivity (Wildman–Crippen MR) is 79.2 cm³/mol. The van der Waals surface area contributed by atoms with Crippen LogP contribution in [-0.2, 0) is 13.1 Å². The van der Waals surface area contributed by atoms with E-state index in [4.69, 9.17) is 4.74 Å². The van der Waals surface area contributed by atoms with Crippen molar-refractivity contribution >= 4 is 0 Å². The Morgan fingerprint density at radius 1 is 1.00 bits per heavy atom. The van der Waals surface area contributed by atoms with Crippen molar-refractivity contribution in [2.75, 3.05) is 13.7 Å². The van der Waals surface area contributed by atoms with E-state index in [9.17, 15) is 4.39 Å². The zero-order valence-corrected chi connectivity index (χ0v) is 12.0. The van der Waals surface area contributed by atoms with Crippen LogP contribution in [0.1, 0.15) is 18.1 Å². The summed E-state index contributed by atoms with van der Waals surface area (Å²) in [4.78, 5) is 2.09. The Bertz CT molecular complexity index is 539. The Morgan fingerprint density at radius 3 is 2.35 bits per heavy atom. The lowest BCUT2D eigenvalue weighted by molar-refractivity contribution is 0.312. The summed E-state index contributed by atoms with van der Waals surface area (Å²) in [6.45, 7) is 4.02. The number of rotatable bonds is 6. The van der Waals surface area contributed by atoms with E-state index in [0.29, 0.717) is 13.2 Å². The second kappa shape index (κ2) is 7.06. The molecular formula is C17H20FNO. The van der Waals surface area contributed by atoms with Crippen LogP contribution in [0.4, 0.5) is 4.39 Å². The average Bonchev–Trinajstić information content (AvgIpc) is 2.44. The third-order valence-corrected chi connectivity index (χ3v) is 3.08. The molecule has 0 aliphatic heterocycles. The van der Waals surface area contributed by atoms with Gasteiger partial charge in [0.1, 0.15) is 11.6 Å². The summed E-state index contributed by atoms with van der Waals surface area (Å²) < 4.78 is 19.0. The van der Waals surface area contributed by atoms with E-state index in [0.717, 1.165) is 17.9 Å². The highest BCUT2D eigenvalue weighted by Gasteiger charge is 2.05. The van der Waals surface area contributed by atoms with E-state index < -0.39 is 0 Å². The molecule has 2 nitrogen and oxygen atoms in total. The van der Waals surface area contributed by atoms with Crippen LogP contribution in [0.25, 0.3) is 0 Å². The van der Waals surface area contributed by atoms with E-state index in [2.05, 4.69) is 4.90 Å². The van der Waals surface area contributed by atoms with Crippen molar-refractivity contribution in [1.82, 2.24) is 4.90 Å². The molecule has 3 heteroatoms. The molecule has 0 saturated carbocycles. The Morgan fingerprint density at radius 2 is 1.70 bits per heavy atom. The molecular weight excluding hydrogens is 253 g/mol. The number of benzene rings is 2. The molecule has 0 aromatic heterocycles. The van der Waals surface area contributed by atoms with Crippen molar-refractivity contribution < 1.29 is 9.13 Å². The molecule has 0 spiro atoms. The second-order valence-corrected chi connectivity index (χ2v) is 4.84. The Hall–Kier alpha value is -1.87. The number of halogens is 1. The molecule has 2 aromatic carbocycles. The van der Waals surface area contributed by atoms with Crippen molar-refractivity contribution in [3.05, 3.63) is 65.5 Å². The quantitative estimate of drug-likeness (QED) is 0.792. The lowest BCUT2D eigenvalue weighted by Gasteiger charge is -2.17. The molecule has 0 saturated heterocycles. The Labute approximate surface area is 119 Å². The van der Waals surface area contributed by atoms with Crippen molar-refractivity contribution in [2.24, 2.45) is 0 Å². The predicted octanol–water partition coefficient (Wildman–Crippen LogP) is 3.86. The van der Waals surface area contributed by atoms with Crippen LogP contribution in [0.15, 0.2) is 48.5 Å². The van der Waals surface area contributed by atoms with Crippen LogP contribution >= 0.6 is 0 Å². The maximum absolute atomic E-state index is 13.6. The summed E-state index contributed by atoms with van der Waals surface area (Å²) in [6.07, 6.45) is 0. The highest BCUT2D eigenvalue weighted by Crippen LogP contribution is 2.15. The molecule has 0 fully saturated rings. The number of ether oxygens (including phenoxy) is 1. The molecule has 106 valence electrons. The molecule has 0 aliphatic rings. The fourth-order valence-electron chi connectivity index (χ4n) is 2.14. The van der Waals surface area contributed by atoms with Gasteiger partial charge in [0, 0.05) is 18.7 Å². The van der Waals surface area contributed by atoms with Gasteiger partial charge in [0.2, 0.25) is 0 Å². The highest BCUT2D eigenvalue weighted by atomic mass is 19.1. The molecule has 2 rings (SSSR count). The van der Waals surface area contributed by atoms with E-state index in [-0.39, 0.29) is 5.82 Å². The summed E-state index contributed by atoms with van der Waals surface area (Å²) in [7, 11) is 1.99. The number of hydrogen-bond acceptors (Lipinski definition) is 2. The van der Waals surface area contributed by atoms with Gasteiger partial charge in [-0.1, -0.05) is 30.3 Å². The van der Waals surface area contributed by atoms with Crippen molar-refractivity contribution in [1.29, 1.82) is 0 Å². The lowest BCUT2D eigenvalue weighted by Crippen LogP contribution is -2.17. The standard InChI is InChI=1S/C17H20FNO/c1-3-20-16-10-8-14(9-11-16)12-19(2)13-15-6-4-5-7-17(15)18/h4-11H,3,12-13H2,1-2H3. The van der Waals surface area contributed by atoms with E-state index in [1.807, 2.05) is 50.4 Å². The van der Waals surface area contributed by atoms with Gasteiger partial charge in [0.05, 0.1) is 6.61 Å². The zero-order chi connectivity index (χ0) is 14.4. The largest absolute Gasteiger partial charge is 0.494 e. The maximum Gasteiger partial charge on any atom is 0.127 e. The van der Waals surface area contributed by atoms with Crippen LogP contribution in [0.3, 0.4) is 0 Å². The molecule has 0 N–H and O–H groups in total. The maximum atomic E-state index is 13.6. The van der Waals surface area contributed by atoms with Gasteiger partial charge in [-0.25, -0.2) is 4.39 Å². The first-order valence-corrected chi connectivity index (χ1v) is 6.82. The highest BCUT2D eigenvalue weighted by molar-refractivity contribution is 5.27. The van der Waals surface area contributed by atoms with Gasteiger partial charge in [-0.05, 0) is 37.7 Å². The topological polar surface area (TPSA) is 12.5 Å². The SMILES string of the molecule is CCOc1ccc(CN(C)Cc2ccccc2F)cc1. The fraction of sp³-hybridized carbons (Fsp3) is 0.294. The van der Waals surface area contributed by atoms with Gasteiger partial charge < -0.3 is 4.74 Å². The summed E-state index contributed by atoms with van der Waals surface area (Å²) in [6, 6.07) is 14.9. The first kappa shape index (κ1) is 14.5. The average molecular weight is 273 g/mol. The van der Waals surface area contributed by atoms with E-state index in [1.54, 1.807) is 6.07 Å². The van der Waals surface area contributed by atoms with Gasteiger partial charge in [0.25, 0.3) is 0 Å². The molecule has 0 atom stereocenters. The van der Waals surface area contributed by atoms with E-state index in [1.165, 1.54) is 11.6 Å². The molecule has 0 radical (unpaired) electrons. The van der Waals surface area contributed by atoms with Gasteiger partial charge in [-0.3, -0.25) is 4.90 Å². The molecule has 20 heavy (non-hydrogen) atoms. The van der Waals surface area contributed by atoms with Crippen molar-refractivity contribution in [3.63, 3.8) is 0 Å². The van der Waals surface area contributed by atoms with Crippen LogP contribution in [-0.4, -0.2) is 18.6 Å². The zero-order valence-electron chi connectivity index (χ0n) is 12.0. The molecule has 0 aliphatic carbocycles. The van der Waals surface area contributed by atoms with Crippen LogP contribution in [0.2, 0.25) is 0 Å². The minimum absolute atomic E-state index is 0.147. The number of hydrogen-bond donors (Lipinski definition) is 0. The van der Waals surface area contributed by atoms with Crippen LogP contribution in [0.5, 0.6) is 5.75 Å². The molecule has 0 bridgehead atoms. The summed E-state index contributed by atoms with van der Waals surface area (Å²) in [5, 5.41) is 0. The van der Waals surface area contributed by atoms with Crippen LogP contribution < -0.4 is 4.74 Å². The fourth-order valence-corrected chi connectivity index (χ4v) is 2.14. The van der Waals surface area contributed by atoms with Gasteiger partial charge in [-0.2, -0.15) is 0 Å². The minimum atomic E-state index is -0.147. The Balaban J connectivity index is 1.94. The third kappa shape index (κ3) is 4.07. The first-order valence-electron chi connectivity index (χ1n) is 6.82. The number of nitrogens with zero attached hydrogens (tertiary/aromatic N) is 1. The molecule has 0 amide bonds. The van der Waals surface area contributed by atoms with Gasteiger partial charge >= 0.3 is 0 Å². The van der Waals surface area contributed by atoms with Gasteiger partial charge in [0.15, 0.2) is 0 Å².